The van der Waals surface area contributed by atoms with Crippen molar-refractivity contribution in [1.82, 2.24) is 0 Å². The summed E-state index contributed by atoms with van der Waals surface area (Å²) in [5.74, 6) is -0.559. The van der Waals surface area contributed by atoms with Crippen molar-refractivity contribution in [2.75, 3.05) is 6.61 Å². The molecular weight excluding hydrogens is 192 g/mol. The number of carboxylic acid groups (broad SMARTS) is 1. The first kappa shape index (κ1) is 10.9. The zero-order valence-electron chi connectivity index (χ0n) is 9.37. The molecule has 1 N–H and O–H groups in total. The Bertz CT molecular complexity index is 243. The molecule has 0 amide bonds. The van der Waals surface area contributed by atoms with Crippen LogP contribution in [0, 0.1) is 11.8 Å². The van der Waals surface area contributed by atoms with Gasteiger partial charge in [0.05, 0.1) is 11.5 Å². The van der Waals surface area contributed by atoms with Gasteiger partial charge in [-0.25, -0.2) is 0 Å². The lowest BCUT2D eigenvalue weighted by molar-refractivity contribution is -0.148. The molecule has 2 fully saturated rings. The fourth-order valence-electron chi connectivity index (χ4n) is 3.06. The third kappa shape index (κ3) is 2.17. The highest BCUT2D eigenvalue weighted by molar-refractivity contribution is 5.69. The lowest BCUT2D eigenvalue weighted by atomic mass is 9.78. The third-order valence-electron chi connectivity index (χ3n) is 4.14. The van der Waals surface area contributed by atoms with Crippen molar-refractivity contribution in [3.05, 3.63) is 0 Å². The second-order valence-corrected chi connectivity index (χ2v) is 5.12. The number of rotatable bonds is 2. The molecule has 1 heterocycles. The minimum atomic E-state index is -0.657. The van der Waals surface area contributed by atoms with Crippen LogP contribution in [0.15, 0.2) is 0 Å². The Morgan fingerprint density at radius 2 is 2.13 bits per heavy atom. The Labute approximate surface area is 90.8 Å². The summed E-state index contributed by atoms with van der Waals surface area (Å²) in [6, 6.07) is 0. The number of hydrogen-bond donors (Lipinski definition) is 1. The number of carboxylic acids is 1. The summed E-state index contributed by atoms with van der Waals surface area (Å²) in [6.45, 7) is 2.59. The van der Waals surface area contributed by atoms with Gasteiger partial charge in [0.15, 0.2) is 0 Å². The van der Waals surface area contributed by atoms with E-state index < -0.39 is 5.97 Å². The van der Waals surface area contributed by atoms with E-state index in [0.29, 0.717) is 5.92 Å². The summed E-state index contributed by atoms with van der Waals surface area (Å²) in [7, 11) is 0. The molecule has 2 unspecified atom stereocenters. The minimum Gasteiger partial charge on any atom is -0.481 e. The van der Waals surface area contributed by atoms with E-state index in [-0.39, 0.29) is 11.5 Å². The predicted octanol–water partition coefficient (Wildman–Crippen LogP) is 2.45. The van der Waals surface area contributed by atoms with E-state index in [1.165, 1.54) is 12.8 Å². The summed E-state index contributed by atoms with van der Waals surface area (Å²) in [5, 5.41) is 9.02. The SMILES string of the molecule is CC(C(=O)O)C1CCOC2(CCCC2)C1. The smallest absolute Gasteiger partial charge is 0.306 e. The minimum absolute atomic E-state index is 0.0482. The third-order valence-corrected chi connectivity index (χ3v) is 4.14. The van der Waals surface area contributed by atoms with E-state index in [1.807, 2.05) is 6.92 Å². The quantitative estimate of drug-likeness (QED) is 0.764. The van der Waals surface area contributed by atoms with Crippen molar-refractivity contribution >= 4 is 5.97 Å². The Kier molecular flexibility index (Phi) is 3.01. The van der Waals surface area contributed by atoms with Crippen molar-refractivity contribution in [3.8, 4) is 0 Å². The molecule has 1 aliphatic carbocycles. The molecule has 1 spiro atoms. The molecule has 1 aliphatic heterocycles. The Hall–Kier alpha value is -0.570. The van der Waals surface area contributed by atoms with E-state index in [4.69, 9.17) is 9.84 Å². The number of carbonyl (C=O) groups is 1. The average molecular weight is 212 g/mol. The first-order chi connectivity index (χ1) is 7.13. The Balaban J connectivity index is 2.00. The van der Waals surface area contributed by atoms with Crippen LogP contribution in [0.4, 0.5) is 0 Å². The van der Waals surface area contributed by atoms with Gasteiger partial charge in [-0.3, -0.25) is 4.79 Å². The normalized spacial score (nSPS) is 31.7. The standard InChI is InChI=1S/C12H20O3/c1-9(11(13)14)10-4-7-15-12(8-10)5-2-3-6-12/h9-10H,2-8H2,1H3,(H,13,14). The van der Waals surface area contributed by atoms with Crippen LogP contribution in [0.1, 0.15) is 45.4 Å². The number of hydrogen-bond acceptors (Lipinski definition) is 2. The average Bonchev–Trinajstić information content (AvgIpc) is 2.65. The fourth-order valence-corrected chi connectivity index (χ4v) is 3.06. The second-order valence-electron chi connectivity index (χ2n) is 5.12. The summed E-state index contributed by atoms with van der Waals surface area (Å²) in [6.07, 6.45) is 6.63. The summed E-state index contributed by atoms with van der Waals surface area (Å²) in [4.78, 5) is 11.0. The molecule has 0 aromatic carbocycles. The zero-order chi connectivity index (χ0) is 10.9. The summed E-state index contributed by atoms with van der Waals surface area (Å²) < 4.78 is 5.89. The fraction of sp³-hybridized carbons (Fsp3) is 0.917. The van der Waals surface area contributed by atoms with Gasteiger partial charge in [0.2, 0.25) is 0 Å². The van der Waals surface area contributed by atoms with Gasteiger partial charge in [0.1, 0.15) is 0 Å². The van der Waals surface area contributed by atoms with Crippen LogP contribution in [0.3, 0.4) is 0 Å². The van der Waals surface area contributed by atoms with Crippen molar-refractivity contribution in [2.24, 2.45) is 11.8 Å². The lowest BCUT2D eigenvalue weighted by Gasteiger charge is -2.39. The maximum Gasteiger partial charge on any atom is 0.306 e. The highest BCUT2D eigenvalue weighted by atomic mass is 16.5. The van der Waals surface area contributed by atoms with Crippen molar-refractivity contribution in [2.45, 2.75) is 51.0 Å². The van der Waals surface area contributed by atoms with Gasteiger partial charge in [-0.15, -0.1) is 0 Å². The second kappa shape index (κ2) is 4.12. The zero-order valence-corrected chi connectivity index (χ0v) is 9.37. The van der Waals surface area contributed by atoms with Crippen LogP contribution >= 0.6 is 0 Å². The first-order valence-electron chi connectivity index (χ1n) is 6.00. The molecule has 3 nitrogen and oxygen atoms in total. The monoisotopic (exact) mass is 212 g/mol. The van der Waals surface area contributed by atoms with E-state index in [0.717, 1.165) is 32.3 Å². The van der Waals surface area contributed by atoms with Gasteiger partial charge in [0.25, 0.3) is 0 Å². The molecule has 1 saturated heterocycles. The molecule has 0 bridgehead atoms. The highest BCUT2D eigenvalue weighted by Crippen LogP contribution is 2.43. The van der Waals surface area contributed by atoms with Crippen LogP contribution in [0.2, 0.25) is 0 Å². The van der Waals surface area contributed by atoms with Gasteiger partial charge in [-0.1, -0.05) is 19.8 Å². The molecule has 2 aliphatic rings. The van der Waals surface area contributed by atoms with Crippen molar-refractivity contribution < 1.29 is 14.6 Å². The topological polar surface area (TPSA) is 46.5 Å². The molecule has 1 saturated carbocycles. The predicted molar refractivity (Wildman–Crippen MR) is 56.7 cm³/mol. The van der Waals surface area contributed by atoms with Gasteiger partial charge in [-0.05, 0) is 31.6 Å². The molecule has 15 heavy (non-hydrogen) atoms. The van der Waals surface area contributed by atoms with Gasteiger partial charge >= 0.3 is 5.97 Å². The molecule has 3 heteroatoms. The molecule has 86 valence electrons. The first-order valence-corrected chi connectivity index (χ1v) is 6.00. The highest BCUT2D eigenvalue weighted by Gasteiger charge is 2.42. The largest absolute Gasteiger partial charge is 0.481 e. The van der Waals surface area contributed by atoms with Crippen LogP contribution in [0.25, 0.3) is 0 Å². The molecule has 0 radical (unpaired) electrons. The van der Waals surface area contributed by atoms with Crippen LogP contribution in [0.5, 0.6) is 0 Å². The Morgan fingerprint density at radius 3 is 2.73 bits per heavy atom. The molecular formula is C12H20O3. The van der Waals surface area contributed by atoms with Crippen molar-refractivity contribution in [3.63, 3.8) is 0 Å². The van der Waals surface area contributed by atoms with E-state index in [1.54, 1.807) is 0 Å². The van der Waals surface area contributed by atoms with Crippen LogP contribution in [-0.4, -0.2) is 23.3 Å². The maximum absolute atomic E-state index is 11.0. The number of aliphatic carboxylic acids is 1. The molecule has 2 atom stereocenters. The van der Waals surface area contributed by atoms with E-state index in [2.05, 4.69) is 0 Å². The van der Waals surface area contributed by atoms with E-state index >= 15 is 0 Å². The van der Waals surface area contributed by atoms with Crippen LogP contribution in [-0.2, 0) is 9.53 Å². The van der Waals surface area contributed by atoms with Crippen LogP contribution < -0.4 is 0 Å². The molecule has 0 aromatic rings. The van der Waals surface area contributed by atoms with E-state index in [9.17, 15) is 4.79 Å². The Morgan fingerprint density at radius 1 is 1.47 bits per heavy atom. The van der Waals surface area contributed by atoms with Gasteiger partial charge in [-0.2, -0.15) is 0 Å². The molecule has 0 aromatic heterocycles. The molecule has 2 rings (SSSR count). The van der Waals surface area contributed by atoms with Crippen molar-refractivity contribution in [1.29, 1.82) is 0 Å². The van der Waals surface area contributed by atoms with Gasteiger partial charge < -0.3 is 9.84 Å². The maximum atomic E-state index is 11.0. The lowest BCUT2D eigenvalue weighted by Crippen LogP contribution is -2.40. The number of ether oxygens (including phenoxy) is 1. The summed E-state index contributed by atoms with van der Waals surface area (Å²) >= 11 is 0. The summed E-state index contributed by atoms with van der Waals surface area (Å²) in [5.41, 5.74) is 0.0482. The van der Waals surface area contributed by atoms with Gasteiger partial charge in [0, 0.05) is 6.61 Å².